The van der Waals surface area contributed by atoms with E-state index < -0.39 is 0 Å². The highest BCUT2D eigenvalue weighted by Gasteiger charge is 2.21. The van der Waals surface area contributed by atoms with Crippen molar-refractivity contribution in [1.82, 2.24) is 9.97 Å². The van der Waals surface area contributed by atoms with Gasteiger partial charge in [-0.15, -0.1) is 0 Å². The van der Waals surface area contributed by atoms with Gasteiger partial charge in [-0.05, 0) is 48.4 Å². The fourth-order valence-electron chi connectivity index (χ4n) is 3.13. The Bertz CT molecular complexity index is 1250. The second-order valence-corrected chi connectivity index (χ2v) is 8.24. The first-order chi connectivity index (χ1) is 15.1. The van der Waals surface area contributed by atoms with E-state index in [1.54, 1.807) is 30.3 Å². The summed E-state index contributed by atoms with van der Waals surface area (Å²) in [4.78, 5) is 24.0. The average molecular weight is 450 g/mol. The molecule has 0 fully saturated rings. The zero-order valence-electron chi connectivity index (χ0n) is 17.1. The van der Waals surface area contributed by atoms with Gasteiger partial charge in [0.1, 0.15) is 11.3 Å². The number of nitrogens with zero attached hydrogens (tertiary/aromatic N) is 3. The number of aryl methyl sites for hydroxylation is 1. The number of ether oxygens (including phenoxy) is 1. The molecule has 4 rings (SSSR count). The molecule has 0 spiro atoms. The molecule has 0 aliphatic carbocycles. The number of thiazole rings is 1. The number of anilines is 1. The van der Waals surface area contributed by atoms with Crippen molar-refractivity contribution in [3.8, 4) is 5.75 Å². The van der Waals surface area contributed by atoms with E-state index in [2.05, 4.69) is 4.98 Å². The largest absolute Gasteiger partial charge is 0.494 e. The van der Waals surface area contributed by atoms with Crippen LogP contribution in [0, 0.1) is 6.92 Å². The van der Waals surface area contributed by atoms with E-state index in [0.717, 1.165) is 27.0 Å². The summed E-state index contributed by atoms with van der Waals surface area (Å²) in [6.07, 6.45) is 4.94. The Hall–Kier alpha value is -3.22. The van der Waals surface area contributed by atoms with E-state index in [1.807, 2.05) is 55.5 Å². The van der Waals surface area contributed by atoms with Crippen LogP contribution in [0.4, 0.5) is 5.13 Å². The number of carbonyl (C=O) groups excluding carboxylic acids is 1. The molecular weight excluding hydrogens is 430 g/mol. The number of pyridine rings is 1. The monoisotopic (exact) mass is 449 g/mol. The third kappa shape index (κ3) is 4.60. The van der Waals surface area contributed by atoms with Crippen molar-refractivity contribution in [2.45, 2.75) is 13.5 Å². The van der Waals surface area contributed by atoms with E-state index in [4.69, 9.17) is 21.3 Å². The minimum Gasteiger partial charge on any atom is -0.494 e. The summed E-state index contributed by atoms with van der Waals surface area (Å²) in [6.45, 7) is 2.32. The lowest BCUT2D eigenvalue weighted by atomic mass is 10.2. The van der Waals surface area contributed by atoms with Gasteiger partial charge in [0.15, 0.2) is 5.13 Å². The number of hydrogen-bond acceptors (Lipinski definition) is 5. The predicted octanol–water partition coefficient (Wildman–Crippen LogP) is 5.91. The van der Waals surface area contributed by atoms with Gasteiger partial charge >= 0.3 is 0 Å². The fourth-order valence-corrected chi connectivity index (χ4v) is 4.39. The Morgan fingerprint density at radius 3 is 2.71 bits per heavy atom. The van der Waals surface area contributed by atoms with E-state index in [1.165, 1.54) is 17.4 Å². The maximum atomic E-state index is 13.3. The van der Waals surface area contributed by atoms with Crippen LogP contribution in [0.1, 0.15) is 16.8 Å². The molecule has 0 bridgehead atoms. The molecule has 5 nitrogen and oxygen atoms in total. The second-order valence-electron chi connectivity index (χ2n) is 6.86. The molecule has 4 aromatic rings. The minimum absolute atomic E-state index is 0.207. The summed E-state index contributed by atoms with van der Waals surface area (Å²) in [5, 5.41) is 1.17. The summed E-state index contributed by atoms with van der Waals surface area (Å²) in [7, 11) is 1.62. The van der Waals surface area contributed by atoms with Crippen LogP contribution < -0.4 is 9.64 Å². The molecule has 2 aromatic carbocycles. The van der Waals surface area contributed by atoms with Gasteiger partial charge in [-0.2, -0.15) is 0 Å². The number of benzene rings is 2. The SMILES string of the molecule is COc1ccc(C)c2sc(N(Cc3ccccn3)C(=O)/C=C/c3ccccc3Cl)nc12. The normalized spacial score (nSPS) is 11.2. The maximum absolute atomic E-state index is 13.3. The van der Waals surface area contributed by atoms with Gasteiger partial charge in [-0.25, -0.2) is 4.98 Å². The minimum atomic E-state index is -0.207. The number of fused-ring (bicyclic) bond motifs is 1. The Balaban J connectivity index is 1.74. The molecule has 0 unspecified atom stereocenters. The van der Waals surface area contributed by atoms with Crippen molar-refractivity contribution < 1.29 is 9.53 Å². The van der Waals surface area contributed by atoms with Crippen LogP contribution >= 0.6 is 22.9 Å². The molecule has 7 heteroatoms. The van der Waals surface area contributed by atoms with Crippen LogP contribution in [0.3, 0.4) is 0 Å². The lowest BCUT2D eigenvalue weighted by molar-refractivity contribution is -0.114. The molecule has 0 radical (unpaired) electrons. The van der Waals surface area contributed by atoms with Crippen LogP contribution in [0.2, 0.25) is 5.02 Å². The van der Waals surface area contributed by atoms with Crippen molar-refractivity contribution >= 4 is 50.3 Å². The lowest BCUT2D eigenvalue weighted by Gasteiger charge is -2.17. The van der Waals surface area contributed by atoms with E-state index in [9.17, 15) is 4.79 Å². The molecular formula is C24H20ClN3O2S. The van der Waals surface area contributed by atoms with E-state index >= 15 is 0 Å². The molecule has 0 atom stereocenters. The maximum Gasteiger partial charge on any atom is 0.253 e. The van der Waals surface area contributed by atoms with E-state index in [0.29, 0.717) is 22.4 Å². The van der Waals surface area contributed by atoms with Crippen LogP contribution in [0.5, 0.6) is 5.75 Å². The van der Waals surface area contributed by atoms with Gasteiger partial charge in [0.2, 0.25) is 0 Å². The number of hydrogen-bond donors (Lipinski definition) is 0. The highest BCUT2D eigenvalue weighted by molar-refractivity contribution is 7.22. The van der Waals surface area contributed by atoms with Crippen molar-refractivity contribution in [1.29, 1.82) is 0 Å². The molecule has 0 saturated carbocycles. The van der Waals surface area contributed by atoms with Crippen LogP contribution in [-0.2, 0) is 11.3 Å². The predicted molar refractivity (Wildman–Crippen MR) is 127 cm³/mol. The number of amides is 1. The molecule has 0 saturated heterocycles. The molecule has 156 valence electrons. The summed E-state index contributed by atoms with van der Waals surface area (Å²) >= 11 is 7.69. The third-order valence-corrected chi connectivity index (χ3v) is 6.32. The summed E-state index contributed by atoms with van der Waals surface area (Å²) < 4.78 is 6.46. The zero-order chi connectivity index (χ0) is 21.8. The third-order valence-electron chi connectivity index (χ3n) is 4.77. The number of rotatable bonds is 6. The smallest absolute Gasteiger partial charge is 0.253 e. The number of methoxy groups -OCH3 is 1. The topological polar surface area (TPSA) is 55.3 Å². The van der Waals surface area contributed by atoms with Gasteiger partial charge in [0.25, 0.3) is 5.91 Å². The zero-order valence-corrected chi connectivity index (χ0v) is 18.7. The lowest BCUT2D eigenvalue weighted by Crippen LogP contribution is -2.29. The Morgan fingerprint density at radius 2 is 1.97 bits per heavy atom. The van der Waals surface area contributed by atoms with Crippen LogP contribution in [0.25, 0.3) is 16.3 Å². The average Bonchev–Trinajstić information content (AvgIpc) is 3.24. The highest BCUT2D eigenvalue weighted by atomic mass is 35.5. The summed E-state index contributed by atoms with van der Waals surface area (Å²) in [5.74, 6) is 0.473. The number of carbonyl (C=O) groups is 1. The van der Waals surface area contributed by atoms with Crippen molar-refractivity contribution in [3.63, 3.8) is 0 Å². The van der Waals surface area contributed by atoms with Gasteiger partial charge in [0.05, 0.1) is 24.0 Å². The molecule has 0 aliphatic heterocycles. The quantitative estimate of drug-likeness (QED) is 0.343. The van der Waals surface area contributed by atoms with Gasteiger partial charge in [0, 0.05) is 17.3 Å². The molecule has 2 aromatic heterocycles. The van der Waals surface area contributed by atoms with Crippen LogP contribution in [-0.4, -0.2) is 23.0 Å². The first-order valence-corrected chi connectivity index (χ1v) is 10.8. The van der Waals surface area contributed by atoms with Gasteiger partial charge in [-0.1, -0.05) is 53.3 Å². The fraction of sp³-hybridized carbons (Fsp3) is 0.125. The molecule has 0 N–H and O–H groups in total. The van der Waals surface area contributed by atoms with Crippen molar-refractivity contribution in [2.75, 3.05) is 12.0 Å². The van der Waals surface area contributed by atoms with E-state index in [-0.39, 0.29) is 5.91 Å². The number of halogens is 1. The van der Waals surface area contributed by atoms with Crippen LogP contribution in [0.15, 0.2) is 66.9 Å². The first kappa shape index (κ1) is 21.0. The molecule has 31 heavy (non-hydrogen) atoms. The number of aromatic nitrogens is 2. The standard InChI is InChI=1S/C24H20ClN3O2S/c1-16-10-12-20(30-2)22-23(16)31-24(27-22)28(15-18-8-5-6-14-26-18)21(29)13-11-17-7-3-4-9-19(17)25/h3-14H,15H2,1-2H3/b13-11+. The van der Waals surface area contributed by atoms with Crippen molar-refractivity contribution in [3.05, 3.63) is 88.7 Å². The summed E-state index contributed by atoms with van der Waals surface area (Å²) in [6, 6.07) is 16.9. The second kappa shape index (κ2) is 9.29. The highest BCUT2D eigenvalue weighted by Crippen LogP contribution is 2.37. The Morgan fingerprint density at radius 1 is 1.16 bits per heavy atom. The Kier molecular flexibility index (Phi) is 6.30. The first-order valence-electron chi connectivity index (χ1n) is 9.65. The van der Waals surface area contributed by atoms with Crippen molar-refractivity contribution in [2.24, 2.45) is 0 Å². The molecule has 0 aliphatic rings. The van der Waals surface area contributed by atoms with Gasteiger partial charge < -0.3 is 4.74 Å². The molecule has 2 heterocycles. The summed E-state index contributed by atoms with van der Waals surface area (Å²) in [5.41, 5.74) is 3.37. The molecule has 1 amide bonds. The van der Waals surface area contributed by atoms with Gasteiger partial charge in [-0.3, -0.25) is 14.7 Å². The Labute approximate surface area is 189 Å².